The van der Waals surface area contributed by atoms with Crippen LogP contribution in [0.4, 0.5) is 4.79 Å². The normalized spacial score (nSPS) is 16.2. The van der Waals surface area contributed by atoms with E-state index in [1.54, 1.807) is 19.2 Å². The zero-order chi connectivity index (χ0) is 17.3. The highest BCUT2D eigenvalue weighted by Gasteiger charge is 2.41. The number of nitrogens with zero attached hydrogens (tertiary/aromatic N) is 3. The van der Waals surface area contributed by atoms with Gasteiger partial charge in [-0.3, -0.25) is 4.68 Å². The molecule has 6 nitrogen and oxygen atoms in total. The van der Waals surface area contributed by atoms with Crippen LogP contribution >= 0.6 is 0 Å². The first-order valence-corrected chi connectivity index (χ1v) is 8.20. The number of hydrogen-bond donors (Lipinski definition) is 2. The van der Waals surface area contributed by atoms with Crippen LogP contribution in [0.25, 0.3) is 11.1 Å². The number of phenols is 1. The van der Waals surface area contributed by atoms with Crippen LogP contribution in [0.2, 0.25) is 0 Å². The summed E-state index contributed by atoms with van der Waals surface area (Å²) in [6.45, 7) is 0. The number of carboxylic acid groups (broad SMARTS) is 1. The van der Waals surface area contributed by atoms with E-state index in [1.165, 1.54) is 4.90 Å². The molecule has 0 atom stereocenters. The highest BCUT2D eigenvalue weighted by atomic mass is 16.4. The largest absolute Gasteiger partial charge is 0.508 e. The van der Waals surface area contributed by atoms with Gasteiger partial charge in [-0.15, -0.1) is 0 Å². The lowest BCUT2D eigenvalue weighted by molar-refractivity contribution is 0.0942. The number of likely N-dealkylation sites (N-methyl/N-ethyl adjacent to an activating group) is 1. The summed E-state index contributed by atoms with van der Waals surface area (Å²) in [5, 5.41) is 23.4. The smallest absolute Gasteiger partial charge is 0.407 e. The highest BCUT2D eigenvalue weighted by Crippen LogP contribution is 2.39. The molecule has 0 unspecified atom stereocenters. The van der Waals surface area contributed by atoms with Crippen molar-refractivity contribution in [3.05, 3.63) is 36.2 Å². The molecule has 2 N–H and O–H groups in total. The van der Waals surface area contributed by atoms with Crippen LogP contribution in [0.1, 0.15) is 31.4 Å². The third-order valence-electron chi connectivity index (χ3n) is 5.27. The van der Waals surface area contributed by atoms with Gasteiger partial charge in [-0.05, 0) is 30.5 Å². The number of carbonyl (C=O) groups is 1. The molecule has 1 aliphatic carbocycles. The molecular formula is C18H23N3O3. The standard InChI is InChI=1S/C18H23N3O3/c1-20(17(23)24)18(9-3-4-10-18)11-16-15(12-19-21(16)2)13-5-7-14(22)8-6-13/h5-8,12,22H,3-4,9-11H2,1-2H3,(H,23,24). The van der Waals surface area contributed by atoms with E-state index >= 15 is 0 Å². The lowest BCUT2D eigenvalue weighted by Gasteiger charge is -2.37. The minimum Gasteiger partial charge on any atom is -0.508 e. The Bertz CT molecular complexity index is 730. The van der Waals surface area contributed by atoms with Gasteiger partial charge in [-0.2, -0.15) is 5.10 Å². The molecule has 0 radical (unpaired) electrons. The number of aromatic hydroxyl groups is 1. The fourth-order valence-electron chi connectivity index (χ4n) is 3.73. The minimum atomic E-state index is -0.884. The number of aromatic nitrogens is 2. The molecular weight excluding hydrogens is 306 g/mol. The number of aryl methyl sites for hydroxylation is 1. The second-order valence-corrected chi connectivity index (χ2v) is 6.63. The first-order chi connectivity index (χ1) is 11.4. The molecule has 0 aliphatic heterocycles. The fourth-order valence-corrected chi connectivity index (χ4v) is 3.73. The molecule has 6 heteroatoms. The molecule has 24 heavy (non-hydrogen) atoms. The molecule has 128 valence electrons. The second-order valence-electron chi connectivity index (χ2n) is 6.63. The summed E-state index contributed by atoms with van der Waals surface area (Å²) in [6.07, 6.45) is 5.40. The third-order valence-corrected chi connectivity index (χ3v) is 5.27. The number of phenolic OH excluding ortho intramolecular Hbond substituents is 1. The average Bonchev–Trinajstić information content (AvgIpc) is 3.17. The molecule has 1 aromatic heterocycles. The van der Waals surface area contributed by atoms with Crippen molar-refractivity contribution in [2.75, 3.05) is 7.05 Å². The van der Waals surface area contributed by atoms with E-state index in [9.17, 15) is 15.0 Å². The Morgan fingerprint density at radius 2 is 1.92 bits per heavy atom. The Hall–Kier alpha value is -2.50. The molecule has 0 spiro atoms. The van der Waals surface area contributed by atoms with Gasteiger partial charge in [0.2, 0.25) is 0 Å². The summed E-state index contributed by atoms with van der Waals surface area (Å²) < 4.78 is 1.83. The zero-order valence-corrected chi connectivity index (χ0v) is 14.1. The van der Waals surface area contributed by atoms with E-state index < -0.39 is 6.09 Å². The van der Waals surface area contributed by atoms with E-state index in [-0.39, 0.29) is 11.3 Å². The summed E-state index contributed by atoms with van der Waals surface area (Å²) >= 11 is 0. The van der Waals surface area contributed by atoms with Crippen LogP contribution in [-0.4, -0.2) is 43.6 Å². The van der Waals surface area contributed by atoms with Gasteiger partial charge >= 0.3 is 6.09 Å². The molecule has 1 aromatic carbocycles. The molecule has 0 saturated heterocycles. The van der Waals surface area contributed by atoms with E-state index in [0.29, 0.717) is 6.42 Å². The Balaban J connectivity index is 1.99. The fraction of sp³-hybridized carbons (Fsp3) is 0.444. The second kappa shape index (κ2) is 6.19. The van der Waals surface area contributed by atoms with Gasteiger partial charge in [0.15, 0.2) is 0 Å². The molecule has 1 amide bonds. The van der Waals surface area contributed by atoms with Crippen molar-refractivity contribution >= 4 is 6.09 Å². The van der Waals surface area contributed by atoms with Crippen molar-refractivity contribution in [3.63, 3.8) is 0 Å². The predicted molar refractivity (Wildman–Crippen MR) is 91.0 cm³/mol. The molecule has 1 heterocycles. The Kier molecular flexibility index (Phi) is 4.22. The molecule has 3 rings (SSSR count). The van der Waals surface area contributed by atoms with Crippen LogP contribution < -0.4 is 0 Å². The Morgan fingerprint density at radius 1 is 1.29 bits per heavy atom. The van der Waals surface area contributed by atoms with Gasteiger partial charge in [0.25, 0.3) is 0 Å². The summed E-state index contributed by atoms with van der Waals surface area (Å²) in [7, 11) is 3.56. The van der Waals surface area contributed by atoms with E-state index in [1.807, 2.05) is 30.1 Å². The van der Waals surface area contributed by atoms with Crippen molar-refractivity contribution < 1.29 is 15.0 Å². The topological polar surface area (TPSA) is 78.6 Å². The SMILES string of the molecule is CN(C(=O)O)C1(Cc2c(-c3ccc(O)cc3)cnn2C)CCCC1. The van der Waals surface area contributed by atoms with Gasteiger partial charge in [-0.25, -0.2) is 4.79 Å². The average molecular weight is 329 g/mol. The van der Waals surface area contributed by atoms with Crippen LogP contribution in [0.3, 0.4) is 0 Å². The lowest BCUT2D eigenvalue weighted by Crippen LogP contribution is -2.49. The van der Waals surface area contributed by atoms with Gasteiger partial charge in [0, 0.05) is 31.8 Å². The number of amides is 1. The maximum absolute atomic E-state index is 11.6. The minimum absolute atomic E-state index is 0.224. The van der Waals surface area contributed by atoms with Crippen LogP contribution in [0, 0.1) is 0 Å². The summed E-state index contributed by atoms with van der Waals surface area (Å²) in [5.41, 5.74) is 2.62. The number of benzene rings is 1. The van der Waals surface area contributed by atoms with Gasteiger partial charge in [0.05, 0.1) is 11.7 Å². The number of hydrogen-bond acceptors (Lipinski definition) is 3. The highest BCUT2D eigenvalue weighted by molar-refractivity contribution is 5.68. The van der Waals surface area contributed by atoms with Crippen molar-refractivity contribution in [1.29, 1.82) is 0 Å². The van der Waals surface area contributed by atoms with Crippen LogP contribution in [-0.2, 0) is 13.5 Å². The first-order valence-electron chi connectivity index (χ1n) is 8.20. The Morgan fingerprint density at radius 3 is 2.50 bits per heavy atom. The van der Waals surface area contributed by atoms with Gasteiger partial charge in [-0.1, -0.05) is 25.0 Å². The molecule has 0 bridgehead atoms. The lowest BCUT2D eigenvalue weighted by atomic mass is 9.87. The van der Waals surface area contributed by atoms with Gasteiger partial charge in [0.1, 0.15) is 5.75 Å². The van der Waals surface area contributed by atoms with Crippen molar-refractivity contribution in [3.8, 4) is 16.9 Å². The van der Waals surface area contributed by atoms with Crippen molar-refractivity contribution in [2.45, 2.75) is 37.6 Å². The Labute approximate surface area is 141 Å². The maximum atomic E-state index is 11.6. The quantitative estimate of drug-likeness (QED) is 0.902. The van der Waals surface area contributed by atoms with E-state index in [2.05, 4.69) is 5.10 Å². The summed E-state index contributed by atoms with van der Waals surface area (Å²) in [6, 6.07) is 7.03. The summed E-state index contributed by atoms with van der Waals surface area (Å²) in [4.78, 5) is 13.1. The maximum Gasteiger partial charge on any atom is 0.407 e. The summed E-state index contributed by atoms with van der Waals surface area (Å²) in [5.74, 6) is 0.224. The van der Waals surface area contributed by atoms with Crippen molar-refractivity contribution in [2.24, 2.45) is 7.05 Å². The molecule has 2 aromatic rings. The first kappa shape index (κ1) is 16.4. The van der Waals surface area contributed by atoms with Crippen molar-refractivity contribution in [1.82, 2.24) is 14.7 Å². The van der Waals surface area contributed by atoms with E-state index in [0.717, 1.165) is 42.5 Å². The third kappa shape index (κ3) is 2.84. The van der Waals surface area contributed by atoms with Crippen LogP contribution in [0.15, 0.2) is 30.5 Å². The van der Waals surface area contributed by atoms with E-state index in [4.69, 9.17) is 0 Å². The number of rotatable bonds is 4. The zero-order valence-electron chi connectivity index (χ0n) is 14.1. The van der Waals surface area contributed by atoms with Crippen LogP contribution in [0.5, 0.6) is 5.75 Å². The molecule has 1 fully saturated rings. The van der Waals surface area contributed by atoms with Gasteiger partial charge < -0.3 is 15.1 Å². The monoisotopic (exact) mass is 329 g/mol. The predicted octanol–water partition coefficient (Wildman–Crippen LogP) is 3.26. The molecule has 1 aliphatic rings. The molecule has 1 saturated carbocycles.